The second-order valence-corrected chi connectivity index (χ2v) is 8.03. The fourth-order valence-corrected chi connectivity index (χ4v) is 4.21. The van der Waals surface area contributed by atoms with E-state index in [9.17, 15) is 8.76 Å². The maximum atomic E-state index is 12.0. The molecule has 1 unspecified atom stereocenters. The van der Waals surface area contributed by atoms with Crippen molar-refractivity contribution in [1.29, 1.82) is 0 Å². The first-order chi connectivity index (χ1) is 12.1. The molecular weight excluding hydrogens is 342 g/mol. The number of quaternary nitrogens is 1. The summed E-state index contributed by atoms with van der Waals surface area (Å²) in [7, 11) is 0. The van der Waals surface area contributed by atoms with Crippen LogP contribution in [-0.2, 0) is 36.8 Å². The molecule has 152 valence electrons. The molecule has 0 aliphatic heterocycles. The molecular formula is C22H41NO2S. The summed E-state index contributed by atoms with van der Waals surface area (Å²) in [6, 6.07) is 2.00. The van der Waals surface area contributed by atoms with E-state index in [4.69, 9.17) is 0 Å². The van der Waals surface area contributed by atoms with Crippen molar-refractivity contribution in [1.82, 2.24) is 6.15 Å². The van der Waals surface area contributed by atoms with Crippen LogP contribution in [0.5, 0.6) is 0 Å². The summed E-state index contributed by atoms with van der Waals surface area (Å²) < 4.78 is 23.9. The lowest BCUT2D eigenvalue weighted by molar-refractivity contribution is 0.535. The molecule has 0 aliphatic carbocycles. The van der Waals surface area contributed by atoms with Crippen LogP contribution in [0.2, 0.25) is 0 Å². The molecule has 3 nitrogen and oxygen atoms in total. The van der Waals surface area contributed by atoms with E-state index in [0.29, 0.717) is 4.90 Å². The minimum absolute atomic E-state index is 0. The Hall–Kier alpha value is -0.710. The minimum atomic E-state index is -2.14. The van der Waals surface area contributed by atoms with Gasteiger partial charge in [0.1, 0.15) is 0 Å². The van der Waals surface area contributed by atoms with E-state index >= 15 is 0 Å². The number of unbranched alkanes of at least 4 members (excludes halogenated alkanes) is 4. The van der Waals surface area contributed by atoms with Crippen LogP contribution in [-0.4, -0.2) is 8.76 Å². The molecule has 0 fully saturated rings. The molecule has 1 atom stereocenters. The third-order valence-electron chi connectivity index (χ3n) is 5.04. The van der Waals surface area contributed by atoms with Crippen molar-refractivity contribution in [3.05, 3.63) is 28.3 Å². The largest absolute Gasteiger partial charge is 0.768 e. The average molecular weight is 384 g/mol. The van der Waals surface area contributed by atoms with Crippen molar-refractivity contribution in [2.45, 2.75) is 110 Å². The zero-order valence-corrected chi connectivity index (χ0v) is 18.6. The van der Waals surface area contributed by atoms with Gasteiger partial charge in [-0.2, -0.15) is 0 Å². The van der Waals surface area contributed by atoms with Crippen LogP contribution in [0.1, 0.15) is 101 Å². The molecule has 4 heteroatoms. The molecule has 0 aromatic heterocycles. The number of aryl methyl sites for hydroxylation is 1. The van der Waals surface area contributed by atoms with E-state index in [-0.39, 0.29) is 6.15 Å². The first-order valence-corrected chi connectivity index (χ1v) is 11.4. The lowest BCUT2D eigenvalue weighted by atomic mass is 9.86. The molecule has 0 bridgehead atoms. The lowest BCUT2D eigenvalue weighted by Crippen LogP contribution is -2.11. The maximum Gasteiger partial charge on any atom is 0.0286 e. The van der Waals surface area contributed by atoms with Gasteiger partial charge in [-0.15, -0.1) is 0 Å². The molecule has 26 heavy (non-hydrogen) atoms. The van der Waals surface area contributed by atoms with Gasteiger partial charge in [-0.1, -0.05) is 53.4 Å². The Morgan fingerprint density at radius 3 is 1.62 bits per heavy atom. The quantitative estimate of drug-likeness (QED) is 0.386. The predicted octanol–water partition coefficient (Wildman–Crippen LogP) is 6.67. The summed E-state index contributed by atoms with van der Waals surface area (Å²) in [4.78, 5) is 0.575. The van der Waals surface area contributed by atoms with Crippen LogP contribution in [0.15, 0.2) is 11.0 Å². The predicted molar refractivity (Wildman–Crippen MR) is 114 cm³/mol. The molecule has 1 aromatic carbocycles. The van der Waals surface area contributed by atoms with Gasteiger partial charge in [0.15, 0.2) is 0 Å². The molecule has 1 rings (SSSR count). The van der Waals surface area contributed by atoms with Gasteiger partial charge in [-0.3, -0.25) is 4.21 Å². The van der Waals surface area contributed by atoms with Crippen molar-refractivity contribution in [2.75, 3.05) is 0 Å². The lowest BCUT2D eigenvalue weighted by Gasteiger charge is -2.24. The highest BCUT2D eigenvalue weighted by atomic mass is 32.2. The smallest absolute Gasteiger partial charge is 0.0286 e. The van der Waals surface area contributed by atoms with Crippen molar-refractivity contribution < 1.29 is 8.76 Å². The van der Waals surface area contributed by atoms with Crippen LogP contribution in [0.4, 0.5) is 0 Å². The van der Waals surface area contributed by atoms with Gasteiger partial charge >= 0.3 is 0 Å². The van der Waals surface area contributed by atoms with E-state index in [1.54, 1.807) is 0 Å². The monoisotopic (exact) mass is 383 g/mol. The molecule has 4 N–H and O–H groups in total. The molecule has 0 radical (unpaired) electrons. The first kappa shape index (κ1) is 25.3. The molecule has 0 heterocycles. The van der Waals surface area contributed by atoms with Crippen molar-refractivity contribution in [3.63, 3.8) is 0 Å². The van der Waals surface area contributed by atoms with Crippen LogP contribution >= 0.6 is 0 Å². The highest BCUT2D eigenvalue weighted by molar-refractivity contribution is 7.79. The van der Waals surface area contributed by atoms with Crippen LogP contribution < -0.4 is 6.15 Å². The van der Waals surface area contributed by atoms with Crippen LogP contribution in [0, 0.1) is 0 Å². The highest BCUT2D eigenvalue weighted by Crippen LogP contribution is 2.31. The average Bonchev–Trinajstić information content (AvgIpc) is 2.61. The van der Waals surface area contributed by atoms with E-state index in [1.807, 2.05) is 6.07 Å². The molecule has 0 aliphatic rings. The highest BCUT2D eigenvalue weighted by Gasteiger charge is 2.17. The second kappa shape index (κ2) is 14.4. The molecule has 0 saturated heterocycles. The van der Waals surface area contributed by atoms with Gasteiger partial charge in [-0.05, 0) is 90.8 Å². The van der Waals surface area contributed by atoms with Crippen molar-refractivity contribution in [3.8, 4) is 0 Å². The second-order valence-electron chi connectivity index (χ2n) is 7.12. The van der Waals surface area contributed by atoms with Gasteiger partial charge < -0.3 is 10.7 Å². The van der Waals surface area contributed by atoms with E-state index in [2.05, 4.69) is 27.7 Å². The Balaban J connectivity index is 0.00000625. The summed E-state index contributed by atoms with van der Waals surface area (Å²) >= 11 is -2.14. The Labute approximate surface area is 164 Å². The third-order valence-corrected chi connectivity index (χ3v) is 5.76. The Kier molecular flexibility index (Phi) is 14.0. The summed E-state index contributed by atoms with van der Waals surface area (Å²) in [5, 5.41) is 0. The molecule has 0 saturated carbocycles. The van der Waals surface area contributed by atoms with E-state index in [1.165, 1.54) is 29.5 Å². The van der Waals surface area contributed by atoms with Gasteiger partial charge in [0.2, 0.25) is 0 Å². The topological polar surface area (TPSA) is 76.6 Å². The third kappa shape index (κ3) is 7.50. The summed E-state index contributed by atoms with van der Waals surface area (Å²) in [5.41, 5.74) is 5.26. The summed E-state index contributed by atoms with van der Waals surface area (Å²) in [6.07, 6.45) is 13.1. The number of hydrogen-bond acceptors (Lipinski definition) is 2. The van der Waals surface area contributed by atoms with Gasteiger partial charge in [0, 0.05) is 4.90 Å². The van der Waals surface area contributed by atoms with Gasteiger partial charge in [0.05, 0.1) is 0 Å². The van der Waals surface area contributed by atoms with Crippen LogP contribution in [0.25, 0.3) is 0 Å². The Bertz CT molecular complexity index is 543. The summed E-state index contributed by atoms with van der Waals surface area (Å²) in [6.45, 7) is 8.82. The van der Waals surface area contributed by atoms with Crippen LogP contribution in [0.3, 0.4) is 0 Å². The SMILES string of the molecule is CCCCc1cc(S(=O)[O-])c(CCCC)c(CCCC)c1CCCC.[NH4+]. The fraction of sp³-hybridized carbons (Fsp3) is 0.727. The number of hydrogen-bond donors (Lipinski definition) is 1. The fourth-order valence-electron chi connectivity index (χ4n) is 3.54. The Morgan fingerprint density at radius 2 is 1.15 bits per heavy atom. The standard InChI is InChI=1S/C22H38O2S.H3N/c1-5-9-13-18-17-22(25(23)24)21(16-12-8-4)20(15-11-7-3)19(18)14-10-6-2;/h17H,5-16H2,1-4H3,(H,23,24);1H3. The zero-order chi connectivity index (χ0) is 18.7. The minimum Gasteiger partial charge on any atom is -0.768 e. The van der Waals surface area contributed by atoms with Gasteiger partial charge in [0.25, 0.3) is 0 Å². The normalized spacial score (nSPS) is 12.0. The Morgan fingerprint density at radius 1 is 0.731 bits per heavy atom. The van der Waals surface area contributed by atoms with Crippen molar-refractivity contribution >= 4 is 11.1 Å². The zero-order valence-electron chi connectivity index (χ0n) is 17.8. The maximum absolute atomic E-state index is 12.0. The first-order valence-electron chi connectivity index (χ1n) is 10.4. The number of benzene rings is 1. The summed E-state index contributed by atoms with van der Waals surface area (Å²) in [5.74, 6) is 0. The van der Waals surface area contributed by atoms with Crippen molar-refractivity contribution in [2.24, 2.45) is 0 Å². The van der Waals surface area contributed by atoms with E-state index in [0.717, 1.165) is 69.8 Å². The van der Waals surface area contributed by atoms with E-state index < -0.39 is 11.1 Å². The molecule has 0 spiro atoms. The van der Waals surface area contributed by atoms with Gasteiger partial charge in [-0.25, -0.2) is 0 Å². The molecule has 0 amide bonds. The molecule has 1 aromatic rings. The number of rotatable bonds is 13.